The highest BCUT2D eigenvalue weighted by Crippen LogP contribution is 2.40. The maximum absolute atomic E-state index is 5.41. The standard InChI is InChI=1S/C20H20N2O/c1-23-15-7-6-13-12-22-9-8-17-16-4-2-3-5-18(16)21-20(17)19(22)11-14(13)10-15/h2-7,10,19,21H,8-9,11-12H2,1H3/t19-/m1/s1. The fraction of sp³-hybridized carbons (Fsp3) is 0.300. The maximum Gasteiger partial charge on any atom is 0.119 e. The summed E-state index contributed by atoms with van der Waals surface area (Å²) in [6.07, 6.45) is 2.20. The van der Waals surface area contributed by atoms with Gasteiger partial charge in [-0.05, 0) is 47.7 Å². The number of nitrogens with one attached hydrogen (secondary N) is 1. The highest BCUT2D eigenvalue weighted by atomic mass is 16.5. The molecule has 0 bridgehead atoms. The van der Waals surface area contributed by atoms with E-state index in [2.05, 4.69) is 52.3 Å². The molecule has 0 radical (unpaired) electrons. The lowest BCUT2D eigenvalue weighted by atomic mass is 9.87. The Morgan fingerprint density at radius 3 is 2.96 bits per heavy atom. The van der Waals surface area contributed by atoms with Crippen molar-refractivity contribution < 1.29 is 4.74 Å². The van der Waals surface area contributed by atoms with Gasteiger partial charge >= 0.3 is 0 Å². The Hall–Kier alpha value is -2.26. The molecule has 1 atom stereocenters. The Bertz CT molecular complexity index is 896. The van der Waals surface area contributed by atoms with E-state index in [1.165, 1.54) is 33.3 Å². The smallest absolute Gasteiger partial charge is 0.119 e. The number of rotatable bonds is 1. The first-order chi connectivity index (χ1) is 11.3. The molecule has 0 fully saturated rings. The van der Waals surface area contributed by atoms with E-state index in [4.69, 9.17) is 4.74 Å². The average Bonchev–Trinajstić information content (AvgIpc) is 2.98. The van der Waals surface area contributed by atoms with E-state index >= 15 is 0 Å². The largest absolute Gasteiger partial charge is 0.497 e. The number of aromatic amines is 1. The van der Waals surface area contributed by atoms with Crippen molar-refractivity contribution in [1.82, 2.24) is 9.88 Å². The highest BCUT2D eigenvalue weighted by Gasteiger charge is 2.34. The molecule has 1 aromatic heterocycles. The van der Waals surface area contributed by atoms with Crippen molar-refractivity contribution in [2.24, 2.45) is 0 Å². The molecule has 3 heteroatoms. The normalized spacial score (nSPS) is 20.0. The zero-order chi connectivity index (χ0) is 15.4. The summed E-state index contributed by atoms with van der Waals surface area (Å²) in [5, 5.41) is 1.40. The number of hydrogen-bond acceptors (Lipinski definition) is 2. The zero-order valence-corrected chi connectivity index (χ0v) is 13.3. The number of ether oxygens (including phenoxy) is 1. The minimum absolute atomic E-state index is 0.464. The molecule has 2 aliphatic rings. The molecule has 23 heavy (non-hydrogen) atoms. The maximum atomic E-state index is 5.41. The third-order valence-corrected chi connectivity index (χ3v) is 5.47. The molecule has 0 amide bonds. The fourth-order valence-corrected chi connectivity index (χ4v) is 4.29. The number of para-hydroxylation sites is 1. The summed E-state index contributed by atoms with van der Waals surface area (Å²) in [5.41, 5.74) is 7.09. The van der Waals surface area contributed by atoms with Crippen LogP contribution in [0.1, 0.15) is 28.4 Å². The Morgan fingerprint density at radius 2 is 2.04 bits per heavy atom. The third-order valence-electron chi connectivity index (χ3n) is 5.47. The lowest BCUT2D eigenvalue weighted by Gasteiger charge is -2.40. The summed E-state index contributed by atoms with van der Waals surface area (Å²) in [5.74, 6) is 0.963. The van der Waals surface area contributed by atoms with E-state index in [1.54, 1.807) is 7.11 Å². The third kappa shape index (κ3) is 1.93. The Morgan fingerprint density at radius 1 is 1.13 bits per heavy atom. The van der Waals surface area contributed by atoms with Gasteiger partial charge in [-0.15, -0.1) is 0 Å². The van der Waals surface area contributed by atoms with E-state index in [0.717, 1.165) is 31.7 Å². The second-order valence-corrected chi connectivity index (χ2v) is 6.64. The SMILES string of the molecule is COc1ccc2c(c1)C[C@@H]1c3[nH]c4ccccc4c3CCN1C2. The lowest BCUT2D eigenvalue weighted by molar-refractivity contribution is 0.158. The Kier molecular flexibility index (Phi) is 2.79. The van der Waals surface area contributed by atoms with Gasteiger partial charge in [-0.25, -0.2) is 0 Å². The summed E-state index contributed by atoms with van der Waals surface area (Å²) in [6.45, 7) is 2.18. The predicted molar refractivity (Wildman–Crippen MR) is 91.9 cm³/mol. The molecule has 1 N–H and O–H groups in total. The van der Waals surface area contributed by atoms with E-state index in [9.17, 15) is 0 Å². The van der Waals surface area contributed by atoms with Gasteiger partial charge in [0.05, 0.1) is 13.2 Å². The number of H-pyrrole nitrogens is 1. The molecule has 0 saturated carbocycles. The number of hydrogen-bond donors (Lipinski definition) is 1. The van der Waals surface area contributed by atoms with Crippen molar-refractivity contribution in [3.8, 4) is 5.75 Å². The summed E-state index contributed by atoms with van der Waals surface area (Å²) >= 11 is 0. The minimum atomic E-state index is 0.464. The van der Waals surface area contributed by atoms with Gasteiger partial charge in [0.2, 0.25) is 0 Å². The quantitative estimate of drug-likeness (QED) is 0.740. The van der Waals surface area contributed by atoms with Crippen LogP contribution in [-0.4, -0.2) is 23.5 Å². The molecule has 2 aliphatic heterocycles. The van der Waals surface area contributed by atoms with Crippen molar-refractivity contribution in [2.45, 2.75) is 25.4 Å². The number of aromatic nitrogens is 1. The molecule has 0 aliphatic carbocycles. The van der Waals surface area contributed by atoms with E-state index in [0.29, 0.717) is 6.04 Å². The number of nitrogens with zero attached hydrogens (tertiary/aromatic N) is 1. The van der Waals surface area contributed by atoms with Crippen LogP contribution >= 0.6 is 0 Å². The van der Waals surface area contributed by atoms with Crippen LogP contribution in [0.4, 0.5) is 0 Å². The first-order valence-electron chi connectivity index (χ1n) is 8.33. The summed E-state index contributed by atoms with van der Waals surface area (Å²) in [4.78, 5) is 6.32. The first kappa shape index (κ1) is 13.2. The van der Waals surface area contributed by atoms with Gasteiger partial charge in [-0.2, -0.15) is 0 Å². The van der Waals surface area contributed by atoms with Crippen molar-refractivity contribution in [2.75, 3.05) is 13.7 Å². The first-order valence-corrected chi connectivity index (χ1v) is 8.33. The van der Waals surface area contributed by atoms with E-state index in [1.807, 2.05) is 0 Å². The molecule has 0 unspecified atom stereocenters. The van der Waals surface area contributed by atoms with Gasteiger partial charge < -0.3 is 9.72 Å². The summed E-state index contributed by atoms with van der Waals surface area (Å²) < 4.78 is 5.41. The van der Waals surface area contributed by atoms with Gasteiger partial charge in [0, 0.05) is 29.7 Å². The van der Waals surface area contributed by atoms with Crippen LogP contribution in [0.15, 0.2) is 42.5 Å². The van der Waals surface area contributed by atoms with Crippen molar-refractivity contribution >= 4 is 10.9 Å². The average molecular weight is 304 g/mol. The minimum Gasteiger partial charge on any atom is -0.497 e. The number of methoxy groups -OCH3 is 1. The zero-order valence-electron chi connectivity index (χ0n) is 13.3. The molecular weight excluding hydrogens is 284 g/mol. The predicted octanol–water partition coefficient (Wildman–Crippen LogP) is 3.83. The molecule has 5 rings (SSSR count). The molecule has 116 valence electrons. The highest BCUT2D eigenvalue weighted by molar-refractivity contribution is 5.85. The van der Waals surface area contributed by atoms with Crippen LogP contribution in [0, 0.1) is 0 Å². The van der Waals surface area contributed by atoms with Crippen LogP contribution in [0.2, 0.25) is 0 Å². The van der Waals surface area contributed by atoms with E-state index < -0.39 is 0 Å². The van der Waals surface area contributed by atoms with Crippen LogP contribution in [0.25, 0.3) is 10.9 Å². The molecule has 3 nitrogen and oxygen atoms in total. The van der Waals surface area contributed by atoms with Crippen LogP contribution in [-0.2, 0) is 19.4 Å². The molecule has 2 aromatic carbocycles. The van der Waals surface area contributed by atoms with Gasteiger partial charge in [0.15, 0.2) is 0 Å². The molecule has 0 saturated heterocycles. The van der Waals surface area contributed by atoms with Crippen LogP contribution in [0.5, 0.6) is 5.75 Å². The Balaban J connectivity index is 1.62. The monoisotopic (exact) mass is 304 g/mol. The number of fused-ring (bicyclic) bond motifs is 6. The van der Waals surface area contributed by atoms with Crippen LogP contribution in [0.3, 0.4) is 0 Å². The van der Waals surface area contributed by atoms with E-state index in [-0.39, 0.29) is 0 Å². The van der Waals surface area contributed by atoms with Crippen molar-refractivity contribution in [3.05, 3.63) is 64.8 Å². The lowest BCUT2D eigenvalue weighted by Crippen LogP contribution is -2.39. The van der Waals surface area contributed by atoms with Gasteiger partial charge in [-0.3, -0.25) is 4.90 Å². The van der Waals surface area contributed by atoms with Crippen molar-refractivity contribution in [3.63, 3.8) is 0 Å². The van der Waals surface area contributed by atoms with Crippen molar-refractivity contribution in [1.29, 1.82) is 0 Å². The second kappa shape index (κ2) is 4.87. The number of benzene rings is 2. The second-order valence-electron chi connectivity index (χ2n) is 6.64. The summed E-state index contributed by atoms with van der Waals surface area (Å²) in [6, 6.07) is 15.7. The molecule has 0 spiro atoms. The van der Waals surface area contributed by atoms with Gasteiger partial charge in [0.25, 0.3) is 0 Å². The topological polar surface area (TPSA) is 28.3 Å². The van der Waals surface area contributed by atoms with Gasteiger partial charge in [0.1, 0.15) is 5.75 Å². The van der Waals surface area contributed by atoms with Gasteiger partial charge in [-0.1, -0.05) is 24.3 Å². The molecule has 3 heterocycles. The molecular formula is C20H20N2O. The molecule has 3 aromatic rings. The fourth-order valence-electron chi connectivity index (χ4n) is 4.29. The van der Waals surface area contributed by atoms with Crippen LogP contribution < -0.4 is 4.74 Å². The Labute approximate surface area is 135 Å². The summed E-state index contributed by atoms with van der Waals surface area (Å²) in [7, 11) is 1.74.